The van der Waals surface area contributed by atoms with E-state index in [4.69, 9.17) is 0 Å². The summed E-state index contributed by atoms with van der Waals surface area (Å²) in [5, 5.41) is 5.91. The molecule has 2 rings (SSSR count). The normalized spacial score (nSPS) is 29.1. The Labute approximate surface area is 129 Å². The van der Waals surface area contributed by atoms with Gasteiger partial charge in [-0.2, -0.15) is 0 Å². The highest BCUT2D eigenvalue weighted by molar-refractivity contribution is 9.10. The van der Waals surface area contributed by atoms with Crippen LogP contribution in [0.4, 0.5) is 0 Å². The second-order valence-electron chi connectivity index (χ2n) is 6.19. The Balaban J connectivity index is 2.11. The van der Waals surface area contributed by atoms with Gasteiger partial charge in [0.2, 0.25) is 0 Å². The zero-order valence-electron chi connectivity index (χ0n) is 12.4. The van der Waals surface area contributed by atoms with E-state index in [1.807, 2.05) is 11.3 Å². The zero-order valence-corrected chi connectivity index (χ0v) is 14.8. The Morgan fingerprint density at radius 3 is 2.84 bits per heavy atom. The minimum atomic E-state index is 0.280. The first-order chi connectivity index (χ1) is 8.94. The summed E-state index contributed by atoms with van der Waals surface area (Å²) >= 11 is 5.41. The molecule has 108 valence electrons. The van der Waals surface area contributed by atoms with Crippen molar-refractivity contribution in [3.8, 4) is 0 Å². The van der Waals surface area contributed by atoms with Gasteiger partial charge in [0.15, 0.2) is 0 Å². The molecule has 1 fully saturated rings. The number of hydrogen-bond donors (Lipinski definition) is 1. The fourth-order valence-electron chi connectivity index (χ4n) is 2.66. The lowest BCUT2D eigenvalue weighted by Crippen LogP contribution is -2.63. The lowest BCUT2D eigenvalue weighted by atomic mass is 9.89. The van der Waals surface area contributed by atoms with Crippen molar-refractivity contribution in [3.63, 3.8) is 0 Å². The van der Waals surface area contributed by atoms with Crippen LogP contribution in [0.1, 0.15) is 39.0 Å². The van der Waals surface area contributed by atoms with E-state index < -0.39 is 0 Å². The van der Waals surface area contributed by atoms with E-state index in [0.29, 0.717) is 12.0 Å². The number of halogens is 1. The van der Waals surface area contributed by atoms with Gasteiger partial charge in [-0.15, -0.1) is 11.3 Å². The first-order valence-corrected chi connectivity index (χ1v) is 8.83. The molecule has 0 aromatic carbocycles. The zero-order chi connectivity index (χ0) is 14.0. The third-order valence-electron chi connectivity index (χ3n) is 4.46. The summed E-state index contributed by atoms with van der Waals surface area (Å²) in [6.07, 6.45) is 1.19. The number of rotatable bonds is 4. The van der Waals surface area contributed by atoms with Gasteiger partial charge in [-0.1, -0.05) is 20.8 Å². The Hall–Kier alpha value is 0.1000. The molecule has 4 heteroatoms. The third-order valence-corrected chi connectivity index (χ3v) is 6.14. The van der Waals surface area contributed by atoms with Crippen LogP contribution in [0.2, 0.25) is 0 Å². The third kappa shape index (κ3) is 3.60. The molecule has 0 amide bonds. The molecule has 1 aliphatic heterocycles. The van der Waals surface area contributed by atoms with E-state index in [-0.39, 0.29) is 5.54 Å². The van der Waals surface area contributed by atoms with Crippen LogP contribution in [0.3, 0.4) is 0 Å². The highest BCUT2D eigenvalue weighted by Crippen LogP contribution is 2.29. The minimum Gasteiger partial charge on any atom is -0.311 e. The largest absolute Gasteiger partial charge is 0.311 e. The molecule has 2 heterocycles. The van der Waals surface area contributed by atoms with Crippen LogP contribution in [0.5, 0.6) is 0 Å². The summed E-state index contributed by atoms with van der Waals surface area (Å²) < 4.78 is 1.21. The van der Waals surface area contributed by atoms with Crippen molar-refractivity contribution in [1.82, 2.24) is 10.2 Å². The van der Waals surface area contributed by atoms with Gasteiger partial charge < -0.3 is 5.32 Å². The van der Waals surface area contributed by atoms with Gasteiger partial charge in [0, 0.05) is 45.9 Å². The van der Waals surface area contributed by atoms with E-state index in [2.05, 4.69) is 65.3 Å². The Kier molecular flexibility index (Phi) is 5.09. The van der Waals surface area contributed by atoms with Crippen LogP contribution in [-0.4, -0.2) is 29.6 Å². The molecule has 19 heavy (non-hydrogen) atoms. The molecule has 0 aliphatic carbocycles. The molecular formula is C15H25BrN2S. The van der Waals surface area contributed by atoms with Crippen molar-refractivity contribution in [2.45, 2.75) is 52.2 Å². The number of nitrogens with one attached hydrogen (secondary N) is 1. The smallest absolute Gasteiger partial charge is 0.0334 e. The molecule has 1 aromatic heterocycles. The first kappa shape index (κ1) is 15.5. The molecule has 0 saturated carbocycles. The summed E-state index contributed by atoms with van der Waals surface area (Å²) in [4.78, 5) is 4.13. The molecule has 0 radical (unpaired) electrons. The van der Waals surface area contributed by atoms with Crippen LogP contribution >= 0.6 is 27.3 Å². The standard InChI is InChI=1S/C15H25BrN2S/c1-5-15(4)10-17-14(11(2)3)8-18(15)7-13-6-12(16)9-19-13/h6,9,11,14,17H,5,7-8,10H2,1-4H3. The van der Waals surface area contributed by atoms with Gasteiger partial charge in [-0.05, 0) is 41.3 Å². The Morgan fingerprint density at radius 1 is 1.58 bits per heavy atom. The molecule has 2 nitrogen and oxygen atoms in total. The van der Waals surface area contributed by atoms with Gasteiger partial charge >= 0.3 is 0 Å². The fourth-order valence-corrected chi connectivity index (χ4v) is 4.13. The van der Waals surface area contributed by atoms with Crippen LogP contribution in [0, 0.1) is 5.92 Å². The minimum absolute atomic E-state index is 0.280. The second kappa shape index (κ2) is 6.25. The van der Waals surface area contributed by atoms with Crippen LogP contribution in [0.25, 0.3) is 0 Å². The van der Waals surface area contributed by atoms with Gasteiger partial charge in [-0.25, -0.2) is 0 Å². The van der Waals surface area contributed by atoms with Crippen molar-refractivity contribution in [2.24, 2.45) is 5.92 Å². The van der Waals surface area contributed by atoms with Crippen molar-refractivity contribution in [3.05, 3.63) is 20.8 Å². The molecule has 2 unspecified atom stereocenters. The summed E-state index contributed by atoms with van der Waals surface area (Å²) in [5.74, 6) is 0.693. The Bertz CT molecular complexity index is 418. The maximum atomic E-state index is 3.73. The average Bonchev–Trinajstić information content (AvgIpc) is 2.77. The summed E-state index contributed by atoms with van der Waals surface area (Å²) in [7, 11) is 0. The second-order valence-corrected chi connectivity index (χ2v) is 8.11. The predicted octanol–water partition coefficient (Wildman–Crippen LogP) is 4.11. The van der Waals surface area contributed by atoms with E-state index in [1.54, 1.807) is 0 Å². The monoisotopic (exact) mass is 344 g/mol. The lowest BCUT2D eigenvalue weighted by molar-refractivity contribution is 0.0325. The highest BCUT2D eigenvalue weighted by atomic mass is 79.9. The summed E-state index contributed by atoms with van der Waals surface area (Å²) in [6, 6.07) is 2.87. The number of nitrogens with zero attached hydrogens (tertiary/aromatic N) is 1. The molecule has 1 aromatic rings. The van der Waals surface area contributed by atoms with Crippen LogP contribution in [-0.2, 0) is 6.54 Å². The highest BCUT2D eigenvalue weighted by Gasteiger charge is 2.37. The molecule has 0 bridgehead atoms. The lowest BCUT2D eigenvalue weighted by Gasteiger charge is -2.48. The van der Waals surface area contributed by atoms with E-state index in [9.17, 15) is 0 Å². The molecule has 2 atom stereocenters. The maximum Gasteiger partial charge on any atom is 0.0334 e. The van der Waals surface area contributed by atoms with Gasteiger partial charge in [-0.3, -0.25) is 4.90 Å². The van der Waals surface area contributed by atoms with Crippen LogP contribution in [0.15, 0.2) is 15.9 Å². The van der Waals surface area contributed by atoms with Crippen molar-refractivity contribution < 1.29 is 0 Å². The topological polar surface area (TPSA) is 15.3 Å². The van der Waals surface area contributed by atoms with Crippen LogP contribution < -0.4 is 5.32 Å². The SMILES string of the molecule is CCC1(C)CNC(C(C)C)CN1Cc1cc(Br)cs1. The predicted molar refractivity (Wildman–Crippen MR) is 87.8 cm³/mol. The molecule has 1 N–H and O–H groups in total. The van der Waals surface area contributed by atoms with E-state index in [0.717, 1.165) is 19.6 Å². The maximum absolute atomic E-state index is 3.73. The fraction of sp³-hybridized carbons (Fsp3) is 0.733. The molecule has 1 saturated heterocycles. The average molecular weight is 345 g/mol. The molecule has 0 spiro atoms. The molecular weight excluding hydrogens is 320 g/mol. The van der Waals surface area contributed by atoms with Crippen molar-refractivity contribution >= 4 is 27.3 Å². The van der Waals surface area contributed by atoms with E-state index in [1.165, 1.54) is 15.8 Å². The van der Waals surface area contributed by atoms with Crippen molar-refractivity contribution in [1.29, 1.82) is 0 Å². The summed E-state index contributed by atoms with van der Waals surface area (Å²) in [6.45, 7) is 12.6. The Morgan fingerprint density at radius 2 is 2.32 bits per heavy atom. The molecule has 1 aliphatic rings. The van der Waals surface area contributed by atoms with E-state index >= 15 is 0 Å². The quantitative estimate of drug-likeness (QED) is 0.884. The number of thiophene rings is 1. The van der Waals surface area contributed by atoms with Gasteiger partial charge in [0.05, 0.1) is 0 Å². The first-order valence-electron chi connectivity index (χ1n) is 7.16. The number of hydrogen-bond acceptors (Lipinski definition) is 3. The van der Waals surface area contributed by atoms with Crippen molar-refractivity contribution in [2.75, 3.05) is 13.1 Å². The van der Waals surface area contributed by atoms with Gasteiger partial charge in [0.1, 0.15) is 0 Å². The van der Waals surface area contributed by atoms with Gasteiger partial charge in [0.25, 0.3) is 0 Å². The number of piperazine rings is 1. The summed E-state index contributed by atoms with van der Waals surface area (Å²) in [5.41, 5.74) is 0.280.